The van der Waals surface area contributed by atoms with E-state index in [9.17, 15) is 57.5 Å². The van der Waals surface area contributed by atoms with Crippen molar-refractivity contribution in [1.82, 2.24) is 38.3 Å². The molecule has 0 unspecified atom stereocenters. The third-order valence-electron chi connectivity index (χ3n) is 21.3. The van der Waals surface area contributed by atoms with Gasteiger partial charge < -0.3 is 81.2 Å². The molecule has 139 heavy (non-hydrogen) atoms. The predicted molar refractivity (Wildman–Crippen MR) is 532 cm³/mol. The van der Waals surface area contributed by atoms with Gasteiger partial charge in [-0.05, 0) is 213 Å². The zero-order valence-corrected chi connectivity index (χ0v) is 80.4. The average molecular weight is 1940 g/mol. The number of amides is 7. The summed E-state index contributed by atoms with van der Waals surface area (Å²) in [6.07, 6.45) is 17.2. The number of hydrogen-bond donors (Lipinski definition) is 8. The van der Waals surface area contributed by atoms with E-state index in [1.807, 2.05) is 73.7 Å². The summed E-state index contributed by atoms with van der Waals surface area (Å²) in [5.74, 6) is 3.78. The Morgan fingerprint density at radius 2 is 0.719 bits per heavy atom. The number of aryl methyl sites for hydroxylation is 1. The summed E-state index contributed by atoms with van der Waals surface area (Å²) in [4.78, 5) is 148. The van der Waals surface area contributed by atoms with Crippen LogP contribution in [0.2, 0.25) is 0 Å². The van der Waals surface area contributed by atoms with Crippen LogP contribution in [0.3, 0.4) is 0 Å². The van der Waals surface area contributed by atoms with Crippen molar-refractivity contribution in [3.63, 3.8) is 0 Å². The van der Waals surface area contributed by atoms with Gasteiger partial charge in [0.2, 0.25) is 17.7 Å². The molecule has 4 aliphatic heterocycles. The molecule has 15 rings (SSSR count). The summed E-state index contributed by atoms with van der Waals surface area (Å²) in [5.41, 5.74) is 15.1. The molecule has 36 heteroatoms. The second kappa shape index (κ2) is 52.9. The molecule has 7 aromatic carbocycles. The Morgan fingerprint density at radius 3 is 1.05 bits per heavy atom. The van der Waals surface area contributed by atoms with Crippen LogP contribution in [0, 0.1) is 31.6 Å². The molecule has 34 nitrogen and oxygen atoms in total. The number of rotatable bonds is 17. The lowest BCUT2D eigenvalue weighted by Crippen LogP contribution is -2.45. The Kier molecular flexibility index (Phi) is 41.5. The summed E-state index contributed by atoms with van der Waals surface area (Å²) in [5, 5.41) is 23.6. The molecule has 4 aliphatic rings. The topological polar surface area (TPSA) is 435 Å². The summed E-state index contributed by atoms with van der Waals surface area (Å²) in [6, 6.07) is 67.1. The quantitative estimate of drug-likeness (QED) is 0.0310. The van der Waals surface area contributed by atoms with E-state index in [1.165, 1.54) is 55.2 Å². The number of hydrogen-bond acceptors (Lipinski definition) is 20. The number of carboxylic acid groups (broad SMARTS) is 1. The molecule has 4 saturated heterocycles. The molecule has 0 spiro atoms. The van der Waals surface area contributed by atoms with Gasteiger partial charge >= 0.3 is 29.6 Å². The van der Waals surface area contributed by atoms with Gasteiger partial charge in [-0.15, -0.1) is 25.3 Å². The maximum Gasteiger partial charge on any atom is 0.411 e. The molecular weight excluding hydrogens is 1820 g/mol. The van der Waals surface area contributed by atoms with E-state index in [-0.39, 0.29) is 89.4 Å². The van der Waals surface area contributed by atoms with E-state index in [0.717, 1.165) is 33.9 Å². The number of ether oxygens (including phenoxy) is 7. The van der Waals surface area contributed by atoms with Gasteiger partial charge in [0.15, 0.2) is 0 Å². The number of benzene rings is 7. The first kappa shape index (κ1) is 109. The van der Waals surface area contributed by atoms with Crippen molar-refractivity contribution in [1.29, 1.82) is 0 Å². The molecule has 8 atom stereocenters. The van der Waals surface area contributed by atoms with Crippen LogP contribution >= 0.6 is 24.0 Å². The molecule has 0 radical (unpaired) electrons. The third-order valence-corrected chi connectivity index (χ3v) is 21.4. The largest absolute Gasteiger partial charge is 0.480 e. The monoisotopic (exact) mass is 1940 g/mol. The molecular formula is C103H116Cl2N14O20+2. The van der Waals surface area contributed by atoms with Crippen LogP contribution in [0.25, 0.3) is 22.7 Å². The lowest BCUT2D eigenvalue weighted by atomic mass is 10.1. The number of terminal acetylenes is 2. The Hall–Kier alpha value is -15.1. The molecule has 4 fully saturated rings. The predicted octanol–water partition coefficient (Wildman–Crippen LogP) is 12.5. The lowest BCUT2D eigenvalue weighted by molar-refractivity contribution is -0.255. The maximum absolute atomic E-state index is 13.1. The van der Waals surface area contributed by atoms with Crippen molar-refractivity contribution >= 4 is 105 Å². The number of quaternary nitrogens is 2. The van der Waals surface area contributed by atoms with Gasteiger partial charge in [0.25, 0.3) is 22.2 Å². The zero-order chi connectivity index (χ0) is 100. The van der Waals surface area contributed by atoms with Crippen LogP contribution in [0.15, 0.2) is 287 Å². The van der Waals surface area contributed by atoms with Crippen molar-refractivity contribution in [3.05, 3.63) is 326 Å². The SMILES string of the molecule is C#Cc1ccc(NC(=O)N2C[C@H](OC)C[C@@H]2C(=O)Nc2ccc(-n3ccccc3=O)cc2)cc1.C#Cc1ccc([NH3+])cc1.CO[C@@H]1C[C@H](C(=O)Nc2ccc(-n3ccccc3=O)cc2)N(C(=O)OC(C)(C)C)C1.CO[C@@H]1C[C@H](C(=O)O)N(C(=O)OC(C)(C)C)C1.CO[C@H]1CN[C@@H](C(=O)Nc2ccc(-n3ccccc3=O)cc2)C1.Cc1ccc(OC(=O)Cl)cc1.Cl.[NH3+]c1ccc(-n2ccccc2=O)cc1. The highest BCUT2D eigenvalue weighted by Crippen LogP contribution is 2.29. The average Bonchev–Trinajstić information content (AvgIpc) is 1.69. The third kappa shape index (κ3) is 34.0. The molecule has 11 aromatic rings. The van der Waals surface area contributed by atoms with Crippen LogP contribution in [-0.2, 0) is 47.6 Å². The number of methoxy groups -OCH3 is 4. The van der Waals surface area contributed by atoms with Crippen LogP contribution in [0.4, 0.5) is 53.3 Å². The Bertz CT molecular complexity index is 6280. The second-order valence-electron chi connectivity index (χ2n) is 33.7. The summed E-state index contributed by atoms with van der Waals surface area (Å²) in [6.45, 7) is 14.0. The van der Waals surface area contributed by atoms with Gasteiger partial charge in [0, 0.05) is 202 Å². The van der Waals surface area contributed by atoms with E-state index in [4.69, 9.17) is 58.0 Å². The minimum absolute atomic E-state index is 0. The van der Waals surface area contributed by atoms with E-state index >= 15 is 0 Å². The minimum atomic E-state index is -1.03. The Morgan fingerprint density at radius 1 is 0.410 bits per heavy atom. The van der Waals surface area contributed by atoms with Gasteiger partial charge in [-0.25, -0.2) is 24.0 Å². The molecule has 12 N–H and O–H groups in total. The number of aliphatic carboxylic acids is 1. The number of urea groups is 1. The first-order valence-corrected chi connectivity index (χ1v) is 44.1. The lowest BCUT2D eigenvalue weighted by Gasteiger charge is -2.27. The van der Waals surface area contributed by atoms with Gasteiger partial charge in [0.05, 0.1) is 43.5 Å². The molecule has 4 aromatic heterocycles. The number of carboxylic acids is 1. The number of nitrogens with zero attached hydrogens (tertiary/aromatic N) is 7. The van der Waals surface area contributed by atoms with E-state index in [0.29, 0.717) is 90.8 Å². The van der Waals surface area contributed by atoms with Gasteiger partial charge in [0.1, 0.15) is 46.5 Å². The number of carbonyl (C=O) groups excluding carboxylic acids is 7. The second-order valence-corrected chi connectivity index (χ2v) is 34.0. The number of pyridine rings is 4. The van der Waals surface area contributed by atoms with E-state index in [1.54, 1.807) is 248 Å². The fraction of sp³-hybridized carbons (Fsp3) is 0.282. The highest BCUT2D eigenvalue weighted by atomic mass is 35.5. The Balaban J connectivity index is 0.000000207. The number of carbonyl (C=O) groups is 8. The summed E-state index contributed by atoms with van der Waals surface area (Å²) < 4.78 is 42.5. The molecule has 0 bridgehead atoms. The van der Waals surface area contributed by atoms with Crippen molar-refractivity contribution in [2.24, 2.45) is 0 Å². The van der Waals surface area contributed by atoms with Crippen LogP contribution in [-0.4, -0.2) is 200 Å². The number of halogens is 2. The molecule has 7 amide bonds. The normalized spacial score (nSPS) is 17.0. The van der Waals surface area contributed by atoms with Gasteiger partial charge in [-0.2, -0.15) is 0 Å². The fourth-order valence-corrected chi connectivity index (χ4v) is 14.2. The number of aromatic nitrogens is 4. The van der Waals surface area contributed by atoms with E-state index in [2.05, 4.69) is 54.6 Å². The summed E-state index contributed by atoms with van der Waals surface area (Å²) >= 11 is 4.99. The van der Waals surface area contributed by atoms with Crippen molar-refractivity contribution in [2.45, 2.75) is 134 Å². The van der Waals surface area contributed by atoms with E-state index < -0.39 is 58.9 Å². The molecule has 730 valence electrons. The fourth-order valence-electron chi connectivity index (χ4n) is 14.1. The highest BCUT2D eigenvalue weighted by Gasteiger charge is 2.44. The molecule has 0 aliphatic carbocycles. The standard InChI is InChI=1S/C26H24N4O4.C22H27N3O5.C17H19N3O3.C11H10N2O.C11H19NO5.C8H7ClO2.C8H7N.ClH/c1-3-18-7-9-20(10-8-18)28-26(33)30-17-22(34-2)16-23(30)25(32)27-19-11-13-21(14-12-19)29-15-5-4-6-24(29)31;1-22(2,3)30-21(28)25-14-17(29-4)13-18(25)20(27)23-15-8-10-16(11-9-15)24-12-6-5-7-19(24)26;1-23-14-10-15(18-11-14)17(22)19-12-5-7-13(8-6-12)20-9-3-2-4-16(20)21;12-9-4-6-10(7-5-9)13-8-2-1-3-11(13)14;1-11(2,3)17-10(15)12-6-7(16-4)5-8(12)9(13)14;1-6-2-4-7(5-3-6)11-8(9)10;1-2-7-3-5-8(9)6-4-7;/h1,4-15,22-23H,16-17H2,2H3,(H,27,32)(H,28,33);5-12,17-18H,13-14H2,1-4H3,(H,23,27);2-9,14-15,18H,10-11H2,1H3,(H,19,22);1-8H,12H2;7-8H,5-6H2,1-4H3,(H,13,14);2-5H,1H3;1,3-6H,9H2;1H/p+2/t22-,23-;17-,18-;14-,15-;;7-,8-;;;/m111.1.../s1. The maximum atomic E-state index is 13.1. The number of likely N-dealkylation sites (tertiary alicyclic amines) is 3. The first-order chi connectivity index (χ1) is 65.8. The highest BCUT2D eigenvalue weighted by molar-refractivity contribution is 6.61. The van der Waals surface area contributed by atoms with Crippen LogP contribution in [0.5, 0.6) is 5.75 Å². The number of nitrogens with one attached hydrogen (secondary N) is 5. The van der Waals surface area contributed by atoms with Crippen molar-refractivity contribution in [3.8, 4) is 53.2 Å². The minimum Gasteiger partial charge on any atom is -0.480 e. The van der Waals surface area contributed by atoms with Crippen molar-refractivity contribution in [2.75, 3.05) is 75.9 Å². The smallest absolute Gasteiger partial charge is 0.411 e. The van der Waals surface area contributed by atoms with Gasteiger partial charge in [-0.3, -0.25) is 61.6 Å². The van der Waals surface area contributed by atoms with Crippen molar-refractivity contribution < 1.29 is 88.1 Å². The zero-order valence-electron chi connectivity index (χ0n) is 78.9. The van der Waals surface area contributed by atoms with Gasteiger partial charge in [-0.1, -0.05) is 53.8 Å². The summed E-state index contributed by atoms with van der Waals surface area (Å²) in [7, 11) is 6.27. The van der Waals surface area contributed by atoms with Crippen LogP contribution in [0.1, 0.15) is 83.9 Å². The molecule has 0 saturated carbocycles. The number of anilines is 4. The Labute approximate surface area is 815 Å². The van der Waals surface area contributed by atoms with Crippen LogP contribution < -0.4 is 65.0 Å². The first-order valence-electron chi connectivity index (χ1n) is 43.8. The molecule has 8 heterocycles.